The molecule has 1 saturated carbocycles. The first-order valence-corrected chi connectivity index (χ1v) is 9.36. The van der Waals surface area contributed by atoms with Gasteiger partial charge in [0, 0.05) is 29.9 Å². The van der Waals surface area contributed by atoms with Gasteiger partial charge in [0.25, 0.3) is 11.8 Å². The maximum Gasteiger partial charge on any atom is 0.262 e. The number of amides is 2. The highest BCUT2D eigenvalue weighted by molar-refractivity contribution is 5.97. The molecule has 0 unspecified atom stereocenters. The number of carbonyl (C=O) groups excluding carboxylic acids is 2. The molecule has 1 aliphatic carbocycles. The third-order valence-electron chi connectivity index (χ3n) is 4.51. The highest BCUT2D eigenvalue weighted by atomic mass is 16.5. The van der Waals surface area contributed by atoms with Crippen LogP contribution in [0, 0.1) is 0 Å². The average Bonchev–Trinajstić information content (AvgIpc) is 3.44. The lowest BCUT2D eigenvalue weighted by Crippen LogP contribution is -2.25. The van der Waals surface area contributed by atoms with E-state index >= 15 is 0 Å². The van der Waals surface area contributed by atoms with Crippen molar-refractivity contribution in [2.45, 2.75) is 18.9 Å². The molecular formula is C21H21N5O3. The molecule has 1 fully saturated rings. The van der Waals surface area contributed by atoms with Gasteiger partial charge in [-0.1, -0.05) is 6.07 Å². The van der Waals surface area contributed by atoms with E-state index in [-0.39, 0.29) is 24.5 Å². The predicted octanol–water partition coefficient (Wildman–Crippen LogP) is 2.39. The van der Waals surface area contributed by atoms with Crippen molar-refractivity contribution in [3.8, 4) is 17.1 Å². The van der Waals surface area contributed by atoms with Gasteiger partial charge in [-0.15, -0.1) is 0 Å². The first-order valence-electron chi connectivity index (χ1n) is 9.36. The van der Waals surface area contributed by atoms with E-state index in [1.165, 1.54) is 6.33 Å². The number of carbonyl (C=O) groups is 2. The molecule has 148 valence electrons. The number of benzene rings is 2. The van der Waals surface area contributed by atoms with Crippen LogP contribution >= 0.6 is 0 Å². The Balaban J connectivity index is 1.31. The number of ether oxygens (including phenoxy) is 1. The topological polar surface area (TPSA) is 98.1 Å². The summed E-state index contributed by atoms with van der Waals surface area (Å²) >= 11 is 0. The van der Waals surface area contributed by atoms with Gasteiger partial charge in [-0.25, -0.2) is 9.67 Å². The van der Waals surface area contributed by atoms with Crippen LogP contribution in [-0.4, -0.2) is 39.2 Å². The molecule has 8 nitrogen and oxygen atoms in total. The fourth-order valence-corrected chi connectivity index (χ4v) is 2.84. The molecule has 2 aromatic carbocycles. The zero-order valence-corrected chi connectivity index (χ0v) is 16.0. The van der Waals surface area contributed by atoms with Gasteiger partial charge in [-0.2, -0.15) is 5.10 Å². The van der Waals surface area contributed by atoms with Gasteiger partial charge in [0.05, 0.1) is 0 Å². The maximum atomic E-state index is 12.2. The highest BCUT2D eigenvalue weighted by Crippen LogP contribution is 2.21. The molecule has 1 heterocycles. The van der Waals surface area contributed by atoms with Crippen molar-refractivity contribution < 1.29 is 14.3 Å². The molecule has 8 heteroatoms. The maximum absolute atomic E-state index is 12.2. The van der Waals surface area contributed by atoms with Crippen molar-refractivity contribution in [1.82, 2.24) is 20.1 Å². The standard InChI is InChI=1S/C21H21N5O3/c1-26-20(22-13-23-26)14-5-9-18(10-6-14)29-12-19(27)24-17-4-2-3-15(11-17)21(28)25-16-7-8-16/h2-6,9-11,13,16H,7-8,12H2,1H3,(H,24,27)(H,25,28). The molecule has 1 aromatic heterocycles. The first kappa shape index (κ1) is 18.7. The Morgan fingerprint density at radius 3 is 2.66 bits per heavy atom. The van der Waals surface area contributed by atoms with Crippen molar-refractivity contribution in [3.63, 3.8) is 0 Å². The quantitative estimate of drug-likeness (QED) is 0.644. The van der Waals surface area contributed by atoms with Crippen LogP contribution in [0.25, 0.3) is 11.4 Å². The van der Waals surface area contributed by atoms with E-state index < -0.39 is 0 Å². The summed E-state index contributed by atoms with van der Waals surface area (Å²) in [7, 11) is 1.82. The van der Waals surface area contributed by atoms with Crippen LogP contribution in [0.15, 0.2) is 54.9 Å². The second kappa shape index (κ2) is 8.14. The number of anilines is 1. The van der Waals surface area contributed by atoms with Crippen molar-refractivity contribution in [2.24, 2.45) is 7.05 Å². The predicted molar refractivity (Wildman–Crippen MR) is 107 cm³/mol. The molecule has 0 saturated heterocycles. The second-order valence-corrected chi connectivity index (χ2v) is 6.90. The summed E-state index contributed by atoms with van der Waals surface area (Å²) < 4.78 is 7.23. The van der Waals surface area contributed by atoms with Crippen LogP contribution in [0.4, 0.5) is 5.69 Å². The Hall–Kier alpha value is -3.68. The molecule has 0 bridgehead atoms. The SMILES string of the molecule is Cn1ncnc1-c1ccc(OCC(=O)Nc2cccc(C(=O)NC3CC3)c2)cc1. The van der Waals surface area contributed by atoms with E-state index in [2.05, 4.69) is 20.7 Å². The molecule has 0 atom stereocenters. The second-order valence-electron chi connectivity index (χ2n) is 6.90. The molecule has 29 heavy (non-hydrogen) atoms. The summed E-state index contributed by atoms with van der Waals surface area (Å²) in [5, 5.41) is 9.73. The molecule has 3 aromatic rings. The van der Waals surface area contributed by atoms with Gasteiger partial charge < -0.3 is 15.4 Å². The smallest absolute Gasteiger partial charge is 0.262 e. The number of hydrogen-bond acceptors (Lipinski definition) is 5. The minimum Gasteiger partial charge on any atom is -0.484 e. The zero-order valence-electron chi connectivity index (χ0n) is 16.0. The summed E-state index contributed by atoms with van der Waals surface area (Å²) in [4.78, 5) is 28.5. The third-order valence-corrected chi connectivity index (χ3v) is 4.51. The fraction of sp³-hybridized carbons (Fsp3) is 0.238. The van der Waals surface area contributed by atoms with E-state index in [4.69, 9.17) is 4.74 Å². The number of aromatic nitrogens is 3. The fourth-order valence-electron chi connectivity index (χ4n) is 2.84. The Labute approximate surface area is 167 Å². The Bertz CT molecular complexity index is 1020. The molecule has 0 radical (unpaired) electrons. The Morgan fingerprint density at radius 1 is 1.17 bits per heavy atom. The van der Waals surface area contributed by atoms with E-state index in [1.54, 1.807) is 41.1 Å². The lowest BCUT2D eigenvalue weighted by molar-refractivity contribution is -0.118. The van der Waals surface area contributed by atoms with Gasteiger partial charge in [-0.3, -0.25) is 9.59 Å². The number of hydrogen-bond donors (Lipinski definition) is 2. The van der Waals surface area contributed by atoms with Gasteiger partial charge in [0.15, 0.2) is 12.4 Å². The molecule has 2 N–H and O–H groups in total. The van der Waals surface area contributed by atoms with Crippen LogP contribution in [0.2, 0.25) is 0 Å². The van der Waals surface area contributed by atoms with E-state index in [0.717, 1.165) is 24.2 Å². The molecule has 4 rings (SSSR count). The van der Waals surface area contributed by atoms with Crippen molar-refractivity contribution in [3.05, 3.63) is 60.4 Å². The van der Waals surface area contributed by atoms with Gasteiger partial charge >= 0.3 is 0 Å². The monoisotopic (exact) mass is 391 g/mol. The number of rotatable bonds is 7. The van der Waals surface area contributed by atoms with E-state index in [1.807, 2.05) is 19.2 Å². The normalized spacial score (nSPS) is 13.0. The van der Waals surface area contributed by atoms with Gasteiger partial charge in [0.2, 0.25) is 0 Å². The summed E-state index contributed by atoms with van der Waals surface area (Å²) in [5.74, 6) is 0.897. The molecule has 1 aliphatic rings. The molecule has 0 spiro atoms. The van der Waals surface area contributed by atoms with Crippen LogP contribution in [0.3, 0.4) is 0 Å². The third kappa shape index (κ3) is 4.78. The van der Waals surface area contributed by atoms with Crippen molar-refractivity contribution in [2.75, 3.05) is 11.9 Å². The lowest BCUT2D eigenvalue weighted by atomic mass is 10.2. The molecule has 2 amide bonds. The van der Waals surface area contributed by atoms with Crippen LogP contribution in [-0.2, 0) is 11.8 Å². The molecular weight excluding hydrogens is 370 g/mol. The van der Waals surface area contributed by atoms with Gasteiger partial charge in [0.1, 0.15) is 12.1 Å². The summed E-state index contributed by atoms with van der Waals surface area (Å²) in [6.07, 6.45) is 3.55. The van der Waals surface area contributed by atoms with Crippen LogP contribution < -0.4 is 15.4 Å². The molecule has 0 aliphatic heterocycles. The Kier molecular flexibility index (Phi) is 5.24. The summed E-state index contributed by atoms with van der Waals surface area (Å²) in [6, 6.07) is 14.4. The van der Waals surface area contributed by atoms with Crippen LogP contribution in [0.1, 0.15) is 23.2 Å². The van der Waals surface area contributed by atoms with Crippen LogP contribution in [0.5, 0.6) is 5.75 Å². The largest absolute Gasteiger partial charge is 0.484 e. The summed E-state index contributed by atoms with van der Waals surface area (Å²) in [6.45, 7) is -0.137. The number of aryl methyl sites for hydroxylation is 1. The summed E-state index contributed by atoms with van der Waals surface area (Å²) in [5.41, 5.74) is 1.98. The van der Waals surface area contributed by atoms with E-state index in [0.29, 0.717) is 17.0 Å². The minimum atomic E-state index is -0.304. The lowest BCUT2D eigenvalue weighted by Gasteiger charge is -2.09. The zero-order chi connectivity index (χ0) is 20.2. The van der Waals surface area contributed by atoms with Crippen molar-refractivity contribution in [1.29, 1.82) is 0 Å². The van der Waals surface area contributed by atoms with Gasteiger partial charge in [-0.05, 0) is 55.3 Å². The highest BCUT2D eigenvalue weighted by Gasteiger charge is 2.23. The Morgan fingerprint density at radius 2 is 1.97 bits per heavy atom. The average molecular weight is 391 g/mol. The number of nitrogens with one attached hydrogen (secondary N) is 2. The minimum absolute atomic E-state index is 0.122. The number of nitrogens with zero attached hydrogens (tertiary/aromatic N) is 3. The van der Waals surface area contributed by atoms with Crippen molar-refractivity contribution >= 4 is 17.5 Å². The first-order chi connectivity index (χ1) is 14.1. The van der Waals surface area contributed by atoms with E-state index in [9.17, 15) is 9.59 Å².